The largest absolute Gasteiger partial charge is 0.466 e. The average molecular weight is 738 g/mol. The van der Waals surface area contributed by atoms with Crippen LogP contribution < -0.4 is 0 Å². The van der Waals surface area contributed by atoms with E-state index in [1.54, 1.807) is 0 Å². The molecule has 0 saturated heterocycles. The molecule has 0 atom stereocenters. The van der Waals surface area contributed by atoms with Crippen molar-refractivity contribution in [3.05, 3.63) is 0 Å². The number of carbonyl (C=O) groups is 1. The van der Waals surface area contributed by atoms with Gasteiger partial charge in [0.15, 0.2) is 6.29 Å². The lowest BCUT2D eigenvalue weighted by molar-refractivity contribution is -0.148. The zero-order valence-electron chi connectivity index (χ0n) is 36.1. The molecule has 0 heterocycles. The molecule has 0 fully saturated rings. The van der Waals surface area contributed by atoms with Crippen molar-refractivity contribution in [1.29, 1.82) is 0 Å². The van der Waals surface area contributed by atoms with Crippen LogP contribution in [0.4, 0.5) is 0 Å². The van der Waals surface area contributed by atoms with E-state index >= 15 is 0 Å². The predicted octanol–water partition coefficient (Wildman–Crippen LogP) is 14.9. The number of esters is 1. The molecule has 0 bridgehead atoms. The number of hydrogen-bond acceptors (Lipinski definition) is 5. The van der Waals surface area contributed by atoms with Crippen molar-refractivity contribution in [3.63, 3.8) is 0 Å². The maximum Gasteiger partial charge on any atom is 0.305 e. The molecule has 0 radical (unpaired) electrons. The Kier molecular flexibility index (Phi) is 44.2. The molecule has 0 rings (SSSR count). The van der Waals surface area contributed by atoms with Crippen LogP contribution >= 0.6 is 0 Å². The molecule has 0 aromatic heterocycles. The van der Waals surface area contributed by atoms with Gasteiger partial charge in [-0.05, 0) is 71.0 Å². The highest BCUT2D eigenvalue weighted by Gasteiger charge is 2.10. The summed E-state index contributed by atoms with van der Waals surface area (Å²) in [5.74, 6) is 0.00895. The van der Waals surface area contributed by atoms with Gasteiger partial charge in [-0.2, -0.15) is 0 Å². The average Bonchev–Trinajstić information content (AvgIpc) is 3.15. The molecule has 0 N–H and O–H groups in total. The topological polar surface area (TPSA) is 48.0 Å². The third-order valence-corrected chi connectivity index (χ3v) is 10.8. The molecule has 312 valence electrons. The maximum atomic E-state index is 12.0. The smallest absolute Gasteiger partial charge is 0.305 e. The molecule has 5 nitrogen and oxygen atoms in total. The van der Waals surface area contributed by atoms with Crippen LogP contribution in [-0.2, 0) is 19.0 Å². The summed E-state index contributed by atoms with van der Waals surface area (Å²) in [4.78, 5) is 14.6. The van der Waals surface area contributed by atoms with Crippen molar-refractivity contribution < 1.29 is 19.0 Å². The second kappa shape index (κ2) is 44.7. The minimum atomic E-state index is 0.00776. The highest BCUT2D eigenvalue weighted by Crippen LogP contribution is 2.16. The van der Waals surface area contributed by atoms with E-state index in [9.17, 15) is 4.79 Å². The van der Waals surface area contributed by atoms with Gasteiger partial charge in [0.25, 0.3) is 0 Å². The van der Waals surface area contributed by atoms with E-state index in [-0.39, 0.29) is 12.3 Å². The highest BCUT2D eigenvalue weighted by molar-refractivity contribution is 5.69. The van der Waals surface area contributed by atoms with Crippen LogP contribution in [0.2, 0.25) is 0 Å². The first-order valence-corrected chi connectivity index (χ1v) is 23.8. The van der Waals surface area contributed by atoms with E-state index < -0.39 is 0 Å². The van der Waals surface area contributed by atoms with Crippen LogP contribution in [0.25, 0.3) is 0 Å². The van der Waals surface area contributed by atoms with Crippen molar-refractivity contribution in [2.75, 3.05) is 39.5 Å². The van der Waals surface area contributed by atoms with Gasteiger partial charge in [0, 0.05) is 19.6 Å². The van der Waals surface area contributed by atoms with Crippen LogP contribution in [0.15, 0.2) is 0 Å². The Hall–Kier alpha value is -0.650. The van der Waals surface area contributed by atoms with Gasteiger partial charge >= 0.3 is 5.97 Å². The summed E-state index contributed by atoms with van der Waals surface area (Å²) in [7, 11) is 0. The monoisotopic (exact) mass is 738 g/mol. The van der Waals surface area contributed by atoms with E-state index in [0.29, 0.717) is 13.0 Å². The third kappa shape index (κ3) is 40.5. The Labute approximate surface area is 327 Å². The third-order valence-electron chi connectivity index (χ3n) is 10.8. The Bertz CT molecular complexity index is 654. The van der Waals surface area contributed by atoms with Gasteiger partial charge in [-0.1, -0.05) is 195 Å². The summed E-state index contributed by atoms with van der Waals surface area (Å²) < 4.78 is 18.0. The van der Waals surface area contributed by atoms with Gasteiger partial charge in [0.05, 0.1) is 6.61 Å². The summed E-state index contributed by atoms with van der Waals surface area (Å²) in [6, 6.07) is 0. The SMILES string of the molecule is CCCCCCCCCOC(=O)CCCCCCCN(CC)CCCCCCCCCC(OCCCCCCCCC)OCCCCCCCCC. The second-order valence-electron chi connectivity index (χ2n) is 16.0. The van der Waals surface area contributed by atoms with E-state index in [4.69, 9.17) is 14.2 Å². The Balaban J connectivity index is 3.83. The molecule has 0 aromatic carbocycles. The standard InChI is InChI=1S/C47H95NO4/c1-5-9-12-15-21-29-36-43-50-46(49)39-32-25-24-28-35-42-48(8-4)41-34-27-20-18-19-26-33-40-47(51-44-37-30-22-16-13-10-6-2)52-45-38-31-23-17-14-11-7-3/h47H,5-45H2,1-4H3. The molecule has 0 aliphatic rings. The lowest BCUT2D eigenvalue weighted by Gasteiger charge is -2.20. The van der Waals surface area contributed by atoms with Gasteiger partial charge in [-0.3, -0.25) is 4.79 Å². The summed E-state index contributed by atoms with van der Waals surface area (Å²) in [5.41, 5.74) is 0. The summed E-state index contributed by atoms with van der Waals surface area (Å²) in [5, 5.41) is 0. The highest BCUT2D eigenvalue weighted by atomic mass is 16.7. The number of ether oxygens (including phenoxy) is 3. The van der Waals surface area contributed by atoms with E-state index in [0.717, 1.165) is 45.4 Å². The molecular formula is C47H95NO4. The van der Waals surface area contributed by atoms with Crippen LogP contribution in [0.1, 0.15) is 252 Å². The van der Waals surface area contributed by atoms with Gasteiger partial charge in [-0.15, -0.1) is 0 Å². The Morgan fingerprint density at radius 2 is 0.750 bits per heavy atom. The summed E-state index contributed by atoms with van der Waals surface area (Å²) in [6.07, 6.45) is 44.3. The van der Waals surface area contributed by atoms with Crippen LogP contribution in [0.3, 0.4) is 0 Å². The zero-order chi connectivity index (χ0) is 37.8. The molecular weight excluding hydrogens is 643 g/mol. The number of unbranched alkanes of at least 4 members (excludes halogenated alkanes) is 28. The van der Waals surface area contributed by atoms with Gasteiger partial charge in [0.1, 0.15) is 0 Å². The van der Waals surface area contributed by atoms with Gasteiger partial charge in [-0.25, -0.2) is 0 Å². The van der Waals surface area contributed by atoms with Crippen molar-refractivity contribution in [2.24, 2.45) is 0 Å². The molecule has 0 spiro atoms. The maximum absolute atomic E-state index is 12.0. The second-order valence-corrected chi connectivity index (χ2v) is 16.0. The molecule has 5 heteroatoms. The first-order valence-electron chi connectivity index (χ1n) is 23.8. The van der Waals surface area contributed by atoms with E-state index in [1.807, 2.05) is 0 Å². The molecule has 0 unspecified atom stereocenters. The van der Waals surface area contributed by atoms with Gasteiger partial charge in [0.2, 0.25) is 0 Å². The predicted molar refractivity (Wildman–Crippen MR) is 227 cm³/mol. The summed E-state index contributed by atoms with van der Waals surface area (Å²) in [6.45, 7) is 15.1. The quantitative estimate of drug-likeness (QED) is 0.0354. The normalized spacial score (nSPS) is 11.7. The first-order chi connectivity index (χ1) is 25.7. The molecule has 0 amide bonds. The summed E-state index contributed by atoms with van der Waals surface area (Å²) >= 11 is 0. The van der Waals surface area contributed by atoms with E-state index in [2.05, 4.69) is 32.6 Å². The fraction of sp³-hybridized carbons (Fsp3) is 0.979. The minimum absolute atomic E-state index is 0.00776. The minimum Gasteiger partial charge on any atom is -0.466 e. The van der Waals surface area contributed by atoms with Crippen LogP contribution in [0.5, 0.6) is 0 Å². The van der Waals surface area contributed by atoms with Crippen molar-refractivity contribution in [3.8, 4) is 0 Å². The Morgan fingerprint density at radius 1 is 0.404 bits per heavy atom. The van der Waals surface area contributed by atoms with Crippen LogP contribution in [-0.4, -0.2) is 56.6 Å². The van der Waals surface area contributed by atoms with Crippen molar-refractivity contribution >= 4 is 5.97 Å². The molecule has 52 heavy (non-hydrogen) atoms. The lowest BCUT2D eigenvalue weighted by Crippen LogP contribution is -2.25. The molecule has 0 aliphatic carbocycles. The molecule has 0 aliphatic heterocycles. The fourth-order valence-electron chi connectivity index (χ4n) is 7.17. The molecule has 0 aromatic rings. The molecule has 0 saturated carbocycles. The first kappa shape index (κ1) is 51.4. The van der Waals surface area contributed by atoms with Crippen molar-refractivity contribution in [2.45, 2.75) is 259 Å². The number of rotatable bonds is 45. The number of hydrogen-bond donors (Lipinski definition) is 0. The van der Waals surface area contributed by atoms with E-state index in [1.165, 1.54) is 206 Å². The lowest BCUT2D eigenvalue weighted by atomic mass is 10.1. The Morgan fingerprint density at radius 3 is 1.17 bits per heavy atom. The zero-order valence-corrected chi connectivity index (χ0v) is 36.1. The fourth-order valence-corrected chi connectivity index (χ4v) is 7.17. The van der Waals surface area contributed by atoms with Crippen LogP contribution in [0, 0.1) is 0 Å². The van der Waals surface area contributed by atoms with Gasteiger partial charge < -0.3 is 19.1 Å². The number of nitrogens with zero attached hydrogens (tertiary/aromatic N) is 1. The number of carbonyl (C=O) groups excluding carboxylic acids is 1. The van der Waals surface area contributed by atoms with Crippen molar-refractivity contribution in [1.82, 2.24) is 4.90 Å².